The van der Waals surface area contributed by atoms with Crippen molar-refractivity contribution in [2.45, 2.75) is 30.8 Å². The third-order valence-corrected chi connectivity index (χ3v) is 5.15. The van der Waals surface area contributed by atoms with Gasteiger partial charge in [-0.05, 0) is 38.1 Å². The van der Waals surface area contributed by atoms with E-state index in [1.54, 1.807) is 0 Å². The lowest BCUT2D eigenvalue weighted by atomic mass is 10.2. The lowest BCUT2D eigenvalue weighted by Gasteiger charge is -2.35. The summed E-state index contributed by atoms with van der Waals surface area (Å²) in [6.45, 7) is 4.78. The van der Waals surface area contributed by atoms with Gasteiger partial charge in [-0.3, -0.25) is 4.79 Å². The second kappa shape index (κ2) is 6.74. The Morgan fingerprint density at radius 1 is 1.19 bits per heavy atom. The molecule has 3 N–H and O–H groups in total. The fourth-order valence-corrected chi connectivity index (χ4v) is 4.03. The van der Waals surface area contributed by atoms with E-state index in [-0.39, 0.29) is 29.4 Å². The van der Waals surface area contributed by atoms with Crippen LogP contribution in [0.4, 0.5) is 0 Å². The van der Waals surface area contributed by atoms with E-state index in [9.17, 15) is 13.2 Å². The predicted octanol–water partition coefficient (Wildman–Crippen LogP) is 0.578. The van der Waals surface area contributed by atoms with Crippen LogP contribution in [0.25, 0.3) is 0 Å². The van der Waals surface area contributed by atoms with Gasteiger partial charge in [-0.2, -0.15) is 4.31 Å². The first-order valence-electron chi connectivity index (χ1n) is 6.47. The summed E-state index contributed by atoms with van der Waals surface area (Å²) >= 11 is 0. The van der Waals surface area contributed by atoms with Gasteiger partial charge in [0, 0.05) is 30.7 Å². The van der Waals surface area contributed by atoms with E-state index in [0.717, 1.165) is 0 Å². The standard InChI is InChI=1S/C13H19N3O3S.ClH/c1-9-7-16(8-10(2)15-9)20(18,19)12-5-3-11(4-6-12)13(14)17;/h3-6,9-10,15H,7-8H2,1-2H3,(H2,14,17);1H. The number of halogens is 1. The molecule has 0 saturated carbocycles. The zero-order valence-corrected chi connectivity index (χ0v) is 13.6. The van der Waals surface area contributed by atoms with Crippen molar-refractivity contribution in [2.24, 2.45) is 5.73 Å². The molecule has 0 spiro atoms. The van der Waals surface area contributed by atoms with Crippen LogP contribution >= 0.6 is 12.4 Å². The lowest BCUT2D eigenvalue weighted by molar-refractivity contribution is 0.1000. The number of hydrogen-bond donors (Lipinski definition) is 2. The maximum Gasteiger partial charge on any atom is 0.248 e. The highest BCUT2D eigenvalue weighted by Gasteiger charge is 2.31. The molecule has 1 saturated heterocycles. The average Bonchev–Trinajstić information content (AvgIpc) is 2.37. The van der Waals surface area contributed by atoms with Gasteiger partial charge >= 0.3 is 0 Å². The molecule has 2 unspecified atom stereocenters. The van der Waals surface area contributed by atoms with Crippen LogP contribution in [0.15, 0.2) is 29.2 Å². The average molecular weight is 334 g/mol. The van der Waals surface area contributed by atoms with Crippen LogP contribution in [0.1, 0.15) is 24.2 Å². The molecule has 1 aliphatic rings. The molecule has 6 nitrogen and oxygen atoms in total. The van der Waals surface area contributed by atoms with Gasteiger partial charge in [0.05, 0.1) is 4.90 Å². The minimum Gasteiger partial charge on any atom is -0.366 e. The van der Waals surface area contributed by atoms with Crippen LogP contribution in [-0.2, 0) is 10.0 Å². The summed E-state index contributed by atoms with van der Waals surface area (Å²) in [5, 5.41) is 3.29. The van der Waals surface area contributed by atoms with Crippen molar-refractivity contribution in [3.8, 4) is 0 Å². The van der Waals surface area contributed by atoms with E-state index in [2.05, 4.69) is 5.32 Å². The second-order valence-corrected chi connectivity index (χ2v) is 7.12. The van der Waals surface area contributed by atoms with Gasteiger partial charge in [-0.25, -0.2) is 8.42 Å². The topological polar surface area (TPSA) is 92.5 Å². The Balaban J connectivity index is 0.00000220. The Hall–Kier alpha value is -1.15. The quantitative estimate of drug-likeness (QED) is 0.846. The number of piperazine rings is 1. The Morgan fingerprint density at radius 2 is 1.67 bits per heavy atom. The first kappa shape index (κ1) is 17.9. The molecular formula is C13H20ClN3O3S. The van der Waals surface area contributed by atoms with Crippen molar-refractivity contribution >= 4 is 28.3 Å². The van der Waals surface area contributed by atoms with Gasteiger partial charge in [0.25, 0.3) is 0 Å². The molecule has 0 aliphatic carbocycles. The summed E-state index contributed by atoms with van der Waals surface area (Å²) in [4.78, 5) is 11.2. The number of benzene rings is 1. The number of hydrogen-bond acceptors (Lipinski definition) is 4. The molecule has 118 valence electrons. The smallest absolute Gasteiger partial charge is 0.248 e. The van der Waals surface area contributed by atoms with E-state index in [1.165, 1.54) is 28.6 Å². The molecule has 8 heteroatoms. The van der Waals surface area contributed by atoms with E-state index in [1.807, 2.05) is 13.8 Å². The summed E-state index contributed by atoms with van der Waals surface area (Å²) in [6, 6.07) is 5.94. The zero-order valence-electron chi connectivity index (χ0n) is 11.9. The molecule has 1 amide bonds. The number of primary amides is 1. The summed E-state index contributed by atoms with van der Waals surface area (Å²) < 4.78 is 26.6. The largest absolute Gasteiger partial charge is 0.366 e. The molecule has 0 aromatic heterocycles. The summed E-state index contributed by atoms with van der Waals surface area (Å²) in [6.07, 6.45) is 0. The molecule has 1 aromatic rings. The normalized spacial score (nSPS) is 23.3. The van der Waals surface area contributed by atoms with Crippen molar-refractivity contribution in [1.29, 1.82) is 0 Å². The van der Waals surface area contributed by atoms with Crippen molar-refractivity contribution in [1.82, 2.24) is 9.62 Å². The first-order valence-corrected chi connectivity index (χ1v) is 7.91. The number of rotatable bonds is 3. The Bertz CT molecular complexity index is 594. The maximum atomic E-state index is 12.5. The number of nitrogens with two attached hydrogens (primary N) is 1. The molecule has 21 heavy (non-hydrogen) atoms. The summed E-state index contributed by atoms with van der Waals surface area (Å²) in [5.74, 6) is -0.571. The van der Waals surface area contributed by atoms with Crippen LogP contribution in [0.3, 0.4) is 0 Å². The highest BCUT2D eigenvalue weighted by atomic mass is 35.5. The second-order valence-electron chi connectivity index (χ2n) is 5.18. The highest BCUT2D eigenvalue weighted by molar-refractivity contribution is 7.89. The third-order valence-electron chi connectivity index (χ3n) is 3.30. The van der Waals surface area contributed by atoms with E-state index in [0.29, 0.717) is 18.7 Å². The predicted molar refractivity (Wildman–Crippen MR) is 83.0 cm³/mol. The molecule has 0 radical (unpaired) electrons. The Labute approximate surface area is 131 Å². The van der Waals surface area contributed by atoms with Gasteiger partial charge < -0.3 is 11.1 Å². The van der Waals surface area contributed by atoms with Crippen LogP contribution in [0.5, 0.6) is 0 Å². The van der Waals surface area contributed by atoms with Crippen LogP contribution in [-0.4, -0.2) is 43.8 Å². The van der Waals surface area contributed by atoms with E-state index in [4.69, 9.17) is 5.73 Å². The minimum absolute atomic E-state index is 0. The molecule has 2 atom stereocenters. The van der Waals surface area contributed by atoms with Gasteiger partial charge in [0.1, 0.15) is 0 Å². The number of sulfonamides is 1. The van der Waals surface area contributed by atoms with Crippen LogP contribution in [0, 0.1) is 0 Å². The van der Waals surface area contributed by atoms with Gasteiger partial charge in [-0.1, -0.05) is 0 Å². The number of carbonyl (C=O) groups is 1. The summed E-state index contributed by atoms with van der Waals surface area (Å²) in [7, 11) is -3.53. The number of nitrogens with one attached hydrogen (secondary N) is 1. The minimum atomic E-state index is -3.53. The molecule has 2 rings (SSSR count). The van der Waals surface area contributed by atoms with Crippen molar-refractivity contribution in [2.75, 3.05) is 13.1 Å². The molecule has 1 fully saturated rings. The molecular weight excluding hydrogens is 314 g/mol. The highest BCUT2D eigenvalue weighted by Crippen LogP contribution is 2.19. The number of carbonyl (C=O) groups excluding carboxylic acids is 1. The Morgan fingerprint density at radius 3 is 2.10 bits per heavy atom. The van der Waals surface area contributed by atoms with Crippen molar-refractivity contribution in [3.05, 3.63) is 29.8 Å². The van der Waals surface area contributed by atoms with Gasteiger partial charge in [0.2, 0.25) is 15.9 Å². The van der Waals surface area contributed by atoms with Crippen molar-refractivity contribution in [3.63, 3.8) is 0 Å². The first-order chi connectivity index (χ1) is 9.30. The SMILES string of the molecule is CC1CN(S(=O)(=O)c2ccc(C(N)=O)cc2)CC(C)N1.Cl. The van der Waals surface area contributed by atoms with E-state index >= 15 is 0 Å². The molecule has 1 aliphatic heterocycles. The fourth-order valence-electron chi connectivity index (χ4n) is 2.41. The Kier molecular flexibility index (Phi) is 5.75. The van der Waals surface area contributed by atoms with Crippen LogP contribution < -0.4 is 11.1 Å². The monoisotopic (exact) mass is 333 g/mol. The van der Waals surface area contributed by atoms with Gasteiger partial charge in [-0.15, -0.1) is 12.4 Å². The van der Waals surface area contributed by atoms with Gasteiger partial charge in [0.15, 0.2) is 0 Å². The van der Waals surface area contributed by atoms with E-state index < -0.39 is 15.9 Å². The molecule has 1 heterocycles. The molecule has 1 aromatic carbocycles. The third kappa shape index (κ3) is 3.94. The molecule has 0 bridgehead atoms. The number of nitrogens with zero attached hydrogens (tertiary/aromatic N) is 1. The summed E-state index contributed by atoms with van der Waals surface area (Å²) in [5.41, 5.74) is 5.44. The zero-order chi connectivity index (χ0) is 14.9. The lowest BCUT2D eigenvalue weighted by Crippen LogP contribution is -2.55. The fraction of sp³-hybridized carbons (Fsp3) is 0.462. The van der Waals surface area contributed by atoms with Crippen molar-refractivity contribution < 1.29 is 13.2 Å². The number of amides is 1. The van der Waals surface area contributed by atoms with Crippen LogP contribution in [0.2, 0.25) is 0 Å². The maximum absolute atomic E-state index is 12.5.